The highest BCUT2D eigenvalue weighted by molar-refractivity contribution is 5.73. The molecule has 0 unspecified atom stereocenters. The minimum Gasteiger partial charge on any atom is -0.396 e. The average Bonchev–Trinajstić information content (AvgIpc) is 2.48. The fraction of sp³-hybridized carbons (Fsp3) is 0.429. The fourth-order valence-electron chi connectivity index (χ4n) is 0.795. The van der Waals surface area contributed by atoms with Crippen LogP contribution >= 0.6 is 0 Å². The number of rotatable bonds is 4. The second-order valence-electron chi connectivity index (χ2n) is 2.23. The van der Waals surface area contributed by atoms with Crippen molar-refractivity contribution in [3.05, 3.63) is 18.0 Å². The van der Waals surface area contributed by atoms with E-state index in [0.717, 1.165) is 6.29 Å². The van der Waals surface area contributed by atoms with Crippen molar-refractivity contribution in [2.24, 2.45) is 0 Å². The van der Waals surface area contributed by atoms with Gasteiger partial charge in [-0.15, -0.1) is 0 Å². The second kappa shape index (κ2) is 3.88. The minimum atomic E-state index is 0.149. The topological polar surface area (TPSA) is 55.1 Å². The number of aldehydes is 1. The van der Waals surface area contributed by atoms with Crippen LogP contribution in [0.1, 0.15) is 16.8 Å². The molecule has 0 spiro atoms. The number of carbonyl (C=O) groups is 1. The summed E-state index contributed by atoms with van der Waals surface area (Å²) < 4.78 is 1.64. The van der Waals surface area contributed by atoms with Gasteiger partial charge in [-0.1, -0.05) is 0 Å². The van der Waals surface area contributed by atoms with Crippen molar-refractivity contribution in [3.63, 3.8) is 0 Å². The Morgan fingerprint density at radius 2 is 2.55 bits per heavy atom. The van der Waals surface area contributed by atoms with E-state index in [1.165, 1.54) is 6.20 Å². The third-order valence-corrected chi connectivity index (χ3v) is 1.33. The Bertz CT molecular complexity index is 232. The van der Waals surface area contributed by atoms with E-state index < -0.39 is 0 Å². The van der Waals surface area contributed by atoms with Crippen LogP contribution in [0, 0.1) is 0 Å². The average molecular weight is 154 g/mol. The lowest BCUT2D eigenvalue weighted by atomic mass is 10.4. The van der Waals surface area contributed by atoms with Crippen LogP contribution in [0.5, 0.6) is 0 Å². The summed E-state index contributed by atoms with van der Waals surface area (Å²) in [4.78, 5) is 10.2. The van der Waals surface area contributed by atoms with Gasteiger partial charge in [0.2, 0.25) is 0 Å². The minimum absolute atomic E-state index is 0.149. The summed E-state index contributed by atoms with van der Waals surface area (Å²) in [7, 11) is 0. The van der Waals surface area contributed by atoms with Crippen LogP contribution in [0.15, 0.2) is 12.4 Å². The molecule has 1 N–H and O–H groups in total. The van der Waals surface area contributed by atoms with E-state index >= 15 is 0 Å². The first-order chi connectivity index (χ1) is 5.36. The fourth-order valence-corrected chi connectivity index (χ4v) is 0.795. The van der Waals surface area contributed by atoms with Crippen LogP contribution in [0.25, 0.3) is 0 Å². The number of carbonyl (C=O) groups excluding carboxylic acids is 1. The highest BCUT2D eigenvalue weighted by atomic mass is 16.3. The zero-order valence-corrected chi connectivity index (χ0v) is 6.10. The molecule has 0 bridgehead atoms. The molecule has 0 fully saturated rings. The number of nitrogens with zero attached hydrogens (tertiary/aromatic N) is 2. The standard InChI is InChI=1S/C7H10N2O2/c10-3-1-2-9-5-7(6-11)4-8-9/h4-6,10H,1-3H2. The van der Waals surface area contributed by atoms with Crippen LogP contribution in [-0.2, 0) is 6.54 Å². The van der Waals surface area contributed by atoms with Gasteiger partial charge in [0.05, 0.1) is 11.8 Å². The number of aliphatic hydroxyl groups is 1. The Morgan fingerprint density at radius 3 is 3.09 bits per heavy atom. The first-order valence-corrected chi connectivity index (χ1v) is 3.45. The van der Waals surface area contributed by atoms with Crippen LogP contribution in [0.3, 0.4) is 0 Å². The molecule has 0 aliphatic carbocycles. The van der Waals surface area contributed by atoms with E-state index in [9.17, 15) is 4.79 Å². The molecule has 0 radical (unpaired) electrons. The number of hydrogen-bond donors (Lipinski definition) is 1. The van der Waals surface area contributed by atoms with Crippen molar-refractivity contribution in [2.75, 3.05) is 6.61 Å². The van der Waals surface area contributed by atoms with E-state index in [-0.39, 0.29) is 6.61 Å². The van der Waals surface area contributed by atoms with Gasteiger partial charge >= 0.3 is 0 Å². The van der Waals surface area contributed by atoms with Gasteiger partial charge in [0, 0.05) is 19.3 Å². The smallest absolute Gasteiger partial charge is 0.153 e. The normalized spacial score (nSPS) is 9.91. The second-order valence-corrected chi connectivity index (χ2v) is 2.23. The Morgan fingerprint density at radius 1 is 1.73 bits per heavy atom. The van der Waals surface area contributed by atoms with Gasteiger partial charge in [-0.25, -0.2) is 0 Å². The van der Waals surface area contributed by atoms with E-state index in [1.807, 2.05) is 0 Å². The van der Waals surface area contributed by atoms with Crippen molar-refractivity contribution < 1.29 is 9.90 Å². The molecular weight excluding hydrogens is 144 g/mol. The van der Waals surface area contributed by atoms with Crippen molar-refractivity contribution >= 4 is 6.29 Å². The Hall–Kier alpha value is -1.16. The number of aryl methyl sites for hydroxylation is 1. The summed E-state index contributed by atoms with van der Waals surface area (Å²) in [5, 5.41) is 12.4. The third kappa shape index (κ3) is 2.16. The predicted octanol–water partition coefficient (Wildman–Crippen LogP) is 0.0780. The Labute approximate surface area is 64.5 Å². The molecule has 0 saturated carbocycles. The van der Waals surface area contributed by atoms with E-state index in [4.69, 9.17) is 5.11 Å². The molecule has 0 aliphatic rings. The maximum absolute atomic E-state index is 10.2. The van der Waals surface area contributed by atoms with Crippen LogP contribution in [0.4, 0.5) is 0 Å². The summed E-state index contributed by atoms with van der Waals surface area (Å²) >= 11 is 0. The van der Waals surface area contributed by atoms with Crippen LogP contribution in [0.2, 0.25) is 0 Å². The summed E-state index contributed by atoms with van der Waals surface area (Å²) in [6.07, 6.45) is 4.58. The van der Waals surface area contributed by atoms with Gasteiger partial charge in [0.15, 0.2) is 6.29 Å². The first kappa shape index (κ1) is 7.94. The van der Waals surface area contributed by atoms with Gasteiger partial charge in [0.1, 0.15) is 0 Å². The third-order valence-electron chi connectivity index (χ3n) is 1.33. The first-order valence-electron chi connectivity index (χ1n) is 3.45. The molecule has 60 valence electrons. The summed E-state index contributed by atoms with van der Waals surface area (Å²) in [6, 6.07) is 0. The molecule has 0 aliphatic heterocycles. The summed E-state index contributed by atoms with van der Waals surface area (Å²) in [5.41, 5.74) is 0.572. The summed E-state index contributed by atoms with van der Waals surface area (Å²) in [6.45, 7) is 0.806. The van der Waals surface area contributed by atoms with E-state index in [2.05, 4.69) is 5.10 Å². The zero-order valence-electron chi connectivity index (χ0n) is 6.10. The summed E-state index contributed by atoms with van der Waals surface area (Å²) in [5.74, 6) is 0. The molecule has 0 saturated heterocycles. The lowest BCUT2D eigenvalue weighted by Crippen LogP contribution is -1.99. The maximum Gasteiger partial charge on any atom is 0.153 e. The van der Waals surface area contributed by atoms with Crippen molar-refractivity contribution in [1.82, 2.24) is 9.78 Å². The van der Waals surface area contributed by atoms with Crippen molar-refractivity contribution in [3.8, 4) is 0 Å². The van der Waals surface area contributed by atoms with Gasteiger partial charge in [0.25, 0.3) is 0 Å². The highest BCUT2D eigenvalue weighted by Crippen LogP contribution is 1.94. The SMILES string of the molecule is O=Cc1cnn(CCCO)c1. The van der Waals surface area contributed by atoms with Crippen LogP contribution in [-0.4, -0.2) is 27.8 Å². The molecule has 0 amide bonds. The molecule has 1 rings (SSSR count). The molecule has 1 aromatic rings. The highest BCUT2D eigenvalue weighted by Gasteiger charge is 1.94. The number of aromatic nitrogens is 2. The zero-order chi connectivity index (χ0) is 8.10. The number of aliphatic hydroxyl groups excluding tert-OH is 1. The van der Waals surface area contributed by atoms with E-state index in [1.54, 1.807) is 10.9 Å². The van der Waals surface area contributed by atoms with Gasteiger partial charge in [-0.2, -0.15) is 5.10 Å². The Kier molecular flexibility index (Phi) is 2.80. The molecule has 4 heteroatoms. The quantitative estimate of drug-likeness (QED) is 0.625. The molecule has 4 nitrogen and oxygen atoms in total. The molecule has 11 heavy (non-hydrogen) atoms. The number of hydrogen-bond acceptors (Lipinski definition) is 3. The molecule has 1 aromatic heterocycles. The molecule has 0 atom stereocenters. The molecule has 1 heterocycles. The van der Waals surface area contributed by atoms with Crippen molar-refractivity contribution in [1.29, 1.82) is 0 Å². The lowest BCUT2D eigenvalue weighted by Gasteiger charge is -1.95. The van der Waals surface area contributed by atoms with Gasteiger partial charge < -0.3 is 5.11 Å². The van der Waals surface area contributed by atoms with Crippen molar-refractivity contribution in [2.45, 2.75) is 13.0 Å². The van der Waals surface area contributed by atoms with Gasteiger partial charge in [-0.05, 0) is 6.42 Å². The monoisotopic (exact) mass is 154 g/mol. The van der Waals surface area contributed by atoms with Crippen LogP contribution < -0.4 is 0 Å². The molecular formula is C7H10N2O2. The Balaban J connectivity index is 2.51. The largest absolute Gasteiger partial charge is 0.396 e. The predicted molar refractivity (Wildman–Crippen MR) is 39.3 cm³/mol. The maximum atomic E-state index is 10.2. The molecule has 0 aromatic carbocycles. The van der Waals surface area contributed by atoms with E-state index in [0.29, 0.717) is 18.5 Å². The van der Waals surface area contributed by atoms with Gasteiger partial charge in [-0.3, -0.25) is 9.48 Å². The lowest BCUT2D eigenvalue weighted by molar-refractivity contribution is 0.112.